The van der Waals surface area contributed by atoms with Gasteiger partial charge in [0.1, 0.15) is 28.6 Å². The fourth-order valence-corrected chi connectivity index (χ4v) is 4.35. The third kappa shape index (κ3) is 3.23. The van der Waals surface area contributed by atoms with Crippen LogP contribution in [-0.2, 0) is 6.54 Å². The number of aromatic nitrogens is 5. The first-order valence-corrected chi connectivity index (χ1v) is 9.54. The first-order chi connectivity index (χ1) is 12.1. The first-order valence-electron chi connectivity index (χ1n) is 8.72. The summed E-state index contributed by atoms with van der Waals surface area (Å²) < 4.78 is 0. The van der Waals surface area contributed by atoms with Gasteiger partial charge in [-0.1, -0.05) is 0 Å². The van der Waals surface area contributed by atoms with Crippen molar-refractivity contribution in [2.24, 2.45) is 0 Å². The number of anilines is 1. The van der Waals surface area contributed by atoms with Gasteiger partial charge in [0.15, 0.2) is 0 Å². The number of aryl methyl sites for hydroxylation is 2. The van der Waals surface area contributed by atoms with Crippen molar-refractivity contribution in [1.29, 1.82) is 0 Å². The van der Waals surface area contributed by atoms with Crippen molar-refractivity contribution in [2.45, 2.75) is 46.2 Å². The van der Waals surface area contributed by atoms with Crippen molar-refractivity contribution >= 4 is 27.4 Å². The van der Waals surface area contributed by atoms with Gasteiger partial charge in [0.2, 0.25) is 0 Å². The molecule has 1 aliphatic rings. The molecule has 0 aliphatic carbocycles. The molecule has 1 atom stereocenters. The minimum Gasteiger partial charge on any atom is -0.360 e. The maximum Gasteiger partial charge on any atom is 0.146 e. The van der Waals surface area contributed by atoms with Crippen molar-refractivity contribution < 1.29 is 0 Å². The van der Waals surface area contributed by atoms with Crippen LogP contribution < -0.4 is 5.32 Å². The van der Waals surface area contributed by atoms with E-state index in [4.69, 9.17) is 9.97 Å². The summed E-state index contributed by atoms with van der Waals surface area (Å²) in [5.41, 5.74) is 1.25. The molecule has 1 fully saturated rings. The van der Waals surface area contributed by atoms with Gasteiger partial charge in [-0.25, -0.2) is 15.0 Å². The Balaban J connectivity index is 1.71. The predicted octanol–water partition coefficient (Wildman–Crippen LogP) is 3.20. The summed E-state index contributed by atoms with van der Waals surface area (Å²) >= 11 is 1.74. The molecule has 0 spiro atoms. The summed E-state index contributed by atoms with van der Waals surface area (Å²) in [6.45, 7) is 9.44. The van der Waals surface area contributed by atoms with Gasteiger partial charge in [-0.2, -0.15) is 5.10 Å². The standard InChI is InChI=1S/C17H23N7S/c1-10-12(3)25-17-14(10)16(20-11(2)15-18-9-19-23-15)21-13(22-17)8-24-6-4-5-7-24/h9,11H,4-8H2,1-3H3,(H,18,19,23)(H,20,21,22). The van der Waals surface area contributed by atoms with E-state index >= 15 is 0 Å². The molecule has 3 aromatic rings. The largest absolute Gasteiger partial charge is 0.360 e. The van der Waals surface area contributed by atoms with Gasteiger partial charge >= 0.3 is 0 Å². The van der Waals surface area contributed by atoms with E-state index in [2.05, 4.69) is 46.2 Å². The Hall–Kier alpha value is -2.06. The summed E-state index contributed by atoms with van der Waals surface area (Å²) in [5, 5.41) is 11.5. The average molecular weight is 357 g/mol. The normalized spacial score (nSPS) is 16.6. The van der Waals surface area contributed by atoms with Crippen molar-refractivity contribution in [1.82, 2.24) is 30.0 Å². The molecule has 25 heavy (non-hydrogen) atoms. The molecule has 132 valence electrons. The number of thiophene rings is 1. The molecule has 0 bridgehead atoms. The molecule has 0 amide bonds. The number of aromatic amines is 1. The summed E-state index contributed by atoms with van der Waals surface area (Å²) in [7, 11) is 0. The number of rotatable bonds is 5. The van der Waals surface area contributed by atoms with E-state index in [0.717, 1.165) is 47.3 Å². The van der Waals surface area contributed by atoms with Gasteiger partial charge in [-0.05, 0) is 52.3 Å². The molecule has 8 heteroatoms. The highest BCUT2D eigenvalue weighted by Gasteiger charge is 2.19. The van der Waals surface area contributed by atoms with Crippen molar-refractivity contribution in [2.75, 3.05) is 18.4 Å². The monoisotopic (exact) mass is 357 g/mol. The molecular formula is C17H23N7S. The maximum atomic E-state index is 4.87. The summed E-state index contributed by atoms with van der Waals surface area (Å²) in [5.74, 6) is 2.59. The third-order valence-electron chi connectivity index (χ3n) is 4.84. The lowest BCUT2D eigenvalue weighted by molar-refractivity contribution is 0.323. The van der Waals surface area contributed by atoms with E-state index in [1.807, 2.05) is 0 Å². The summed E-state index contributed by atoms with van der Waals surface area (Å²) in [4.78, 5) is 18.7. The van der Waals surface area contributed by atoms with Crippen molar-refractivity contribution in [3.05, 3.63) is 28.4 Å². The van der Waals surface area contributed by atoms with E-state index in [0.29, 0.717) is 0 Å². The van der Waals surface area contributed by atoms with E-state index in [9.17, 15) is 0 Å². The lowest BCUT2D eigenvalue weighted by Crippen LogP contribution is -2.20. The van der Waals surface area contributed by atoms with E-state index < -0.39 is 0 Å². The lowest BCUT2D eigenvalue weighted by atomic mass is 10.2. The summed E-state index contributed by atoms with van der Waals surface area (Å²) in [6, 6.07) is -0.000146. The molecule has 0 radical (unpaired) electrons. The maximum absolute atomic E-state index is 4.87. The molecule has 7 nitrogen and oxygen atoms in total. The van der Waals surface area contributed by atoms with Crippen molar-refractivity contribution in [3.63, 3.8) is 0 Å². The smallest absolute Gasteiger partial charge is 0.146 e. The number of nitrogens with zero attached hydrogens (tertiary/aromatic N) is 5. The van der Waals surface area contributed by atoms with Crippen LogP contribution in [0.15, 0.2) is 6.33 Å². The predicted molar refractivity (Wildman–Crippen MR) is 99.8 cm³/mol. The highest BCUT2D eigenvalue weighted by molar-refractivity contribution is 7.18. The minimum absolute atomic E-state index is 0.000146. The molecule has 1 unspecified atom stereocenters. The van der Waals surface area contributed by atoms with Crippen LogP contribution in [0, 0.1) is 13.8 Å². The zero-order chi connectivity index (χ0) is 17.4. The number of hydrogen-bond acceptors (Lipinski definition) is 7. The van der Waals surface area contributed by atoms with Gasteiger partial charge < -0.3 is 5.32 Å². The van der Waals surface area contributed by atoms with Crippen LogP contribution in [0.4, 0.5) is 5.82 Å². The van der Waals surface area contributed by atoms with Gasteiger partial charge in [0, 0.05) is 4.88 Å². The quantitative estimate of drug-likeness (QED) is 0.730. The number of H-pyrrole nitrogens is 1. The number of likely N-dealkylation sites (tertiary alicyclic amines) is 1. The Bertz CT molecular complexity index is 865. The molecular weight excluding hydrogens is 334 g/mol. The van der Waals surface area contributed by atoms with Crippen LogP contribution in [-0.4, -0.2) is 43.1 Å². The molecule has 1 aliphatic heterocycles. The zero-order valence-electron chi connectivity index (χ0n) is 14.8. The van der Waals surface area contributed by atoms with Crippen LogP contribution in [0.5, 0.6) is 0 Å². The second-order valence-corrected chi connectivity index (χ2v) is 7.88. The van der Waals surface area contributed by atoms with Crippen LogP contribution in [0.2, 0.25) is 0 Å². The Labute approximate surface area is 150 Å². The average Bonchev–Trinajstić information content (AvgIpc) is 3.31. The van der Waals surface area contributed by atoms with Crippen LogP contribution in [0.25, 0.3) is 10.2 Å². The second kappa shape index (κ2) is 6.68. The SMILES string of the molecule is Cc1sc2nc(CN3CCCC3)nc(NC(C)c3ncn[nH]3)c2c1C. The second-order valence-electron chi connectivity index (χ2n) is 6.67. The first kappa shape index (κ1) is 16.4. The molecule has 4 rings (SSSR count). The van der Waals surface area contributed by atoms with Crippen LogP contribution in [0.1, 0.15) is 47.9 Å². The Kier molecular flexibility index (Phi) is 4.39. The van der Waals surface area contributed by atoms with Crippen LogP contribution in [0.3, 0.4) is 0 Å². The van der Waals surface area contributed by atoms with E-state index in [1.54, 1.807) is 11.3 Å². The molecule has 1 saturated heterocycles. The van der Waals surface area contributed by atoms with E-state index in [1.165, 1.54) is 29.6 Å². The third-order valence-corrected chi connectivity index (χ3v) is 5.94. The van der Waals surface area contributed by atoms with Crippen molar-refractivity contribution in [3.8, 4) is 0 Å². The summed E-state index contributed by atoms with van der Waals surface area (Å²) in [6.07, 6.45) is 4.07. The Morgan fingerprint density at radius 1 is 1.28 bits per heavy atom. The van der Waals surface area contributed by atoms with Gasteiger partial charge in [0.25, 0.3) is 0 Å². The fourth-order valence-electron chi connectivity index (χ4n) is 3.31. The van der Waals surface area contributed by atoms with Gasteiger partial charge in [-0.15, -0.1) is 11.3 Å². The number of fused-ring (bicyclic) bond motifs is 1. The minimum atomic E-state index is -0.000146. The number of hydrogen-bond donors (Lipinski definition) is 2. The molecule has 2 N–H and O–H groups in total. The molecule has 0 aromatic carbocycles. The van der Waals surface area contributed by atoms with Crippen LogP contribution >= 0.6 is 11.3 Å². The fraction of sp³-hybridized carbons (Fsp3) is 0.529. The zero-order valence-corrected chi connectivity index (χ0v) is 15.7. The highest BCUT2D eigenvalue weighted by Crippen LogP contribution is 2.34. The van der Waals surface area contributed by atoms with Gasteiger partial charge in [-0.3, -0.25) is 10.00 Å². The molecule has 3 aromatic heterocycles. The number of nitrogens with one attached hydrogen (secondary N) is 2. The topological polar surface area (TPSA) is 82.6 Å². The highest BCUT2D eigenvalue weighted by atomic mass is 32.1. The van der Waals surface area contributed by atoms with E-state index in [-0.39, 0.29) is 6.04 Å². The molecule has 4 heterocycles. The van der Waals surface area contributed by atoms with Gasteiger partial charge in [0.05, 0.1) is 18.0 Å². The molecule has 0 saturated carbocycles. The Morgan fingerprint density at radius 2 is 2.08 bits per heavy atom. The Morgan fingerprint density at radius 3 is 2.80 bits per heavy atom. The lowest BCUT2D eigenvalue weighted by Gasteiger charge is -2.17.